The number of unbranched alkanes of at least 4 members (excludes halogenated alkanes) is 2. The summed E-state index contributed by atoms with van der Waals surface area (Å²) in [6.07, 6.45) is 6.35. The van der Waals surface area contributed by atoms with Crippen LogP contribution in [0.2, 0.25) is 0 Å². The third-order valence-corrected chi connectivity index (χ3v) is 3.88. The molecule has 0 bridgehead atoms. The van der Waals surface area contributed by atoms with E-state index in [1.54, 1.807) is 44.6 Å². The molecule has 2 rings (SSSR count). The van der Waals surface area contributed by atoms with Crippen molar-refractivity contribution in [3.8, 4) is 23.0 Å². The minimum atomic E-state index is -0.459. The quantitative estimate of drug-likeness (QED) is 0.258. The van der Waals surface area contributed by atoms with Crippen LogP contribution in [0.3, 0.4) is 0 Å². The molecular weight excluding hydrogens is 344 g/mol. The number of ether oxygens (including phenoxy) is 4. The van der Waals surface area contributed by atoms with Gasteiger partial charge in [-0.3, -0.25) is 0 Å². The molecule has 0 aliphatic heterocycles. The summed E-state index contributed by atoms with van der Waals surface area (Å²) >= 11 is 0. The van der Waals surface area contributed by atoms with Crippen molar-refractivity contribution in [2.75, 3.05) is 20.8 Å². The first kappa shape index (κ1) is 20.4. The lowest BCUT2D eigenvalue weighted by molar-refractivity contribution is -0.128. The first-order valence-electron chi connectivity index (χ1n) is 9.01. The van der Waals surface area contributed by atoms with Crippen molar-refractivity contribution in [1.82, 2.24) is 0 Å². The van der Waals surface area contributed by atoms with Crippen LogP contribution in [-0.4, -0.2) is 26.8 Å². The van der Waals surface area contributed by atoms with E-state index in [0.717, 1.165) is 24.8 Å². The van der Waals surface area contributed by atoms with E-state index in [0.29, 0.717) is 29.6 Å². The van der Waals surface area contributed by atoms with Crippen LogP contribution in [0.15, 0.2) is 48.5 Å². The van der Waals surface area contributed by atoms with Crippen LogP contribution in [0.4, 0.5) is 0 Å². The number of carbonyl (C=O) groups excluding carboxylic acids is 1. The van der Waals surface area contributed by atoms with E-state index in [9.17, 15) is 4.79 Å². The molecule has 0 amide bonds. The number of hydrogen-bond acceptors (Lipinski definition) is 5. The van der Waals surface area contributed by atoms with Gasteiger partial charge in [0.2, 0.25) is 0 Å². The molecule has 144 valence electrons. The van der Waals surface area contributed by atoms with Crippen LogP contribution in [0.5, 0.6) is 23.0 Å². The third kappa shape index (κ3) is 6.70. The fraction of sp³-hybridized carbons (Fsp3) is 0.318. The molecule has 0 aliphatic carbocycles. The molecule has 0 radical (unpaired) electrons. The Balaban J connectivity index is 1.95. The zero-order valence-electron chi connectivity index (χ0n) is 16.1. The van der Waals surface area contributed by atoms with Gasteiger partial charge in [0, 0.05) is 6.08 Å². The number of hydrogen-bond donors (Lipinski definition) is 0. The lowest BCUT2D eigenvalue weighted by Gasteiger charge is -2.11. The molecule has 27 heavy (non-hydrogen) atoms. The number of esters is 1. The normalized spacial score (nSPS) is 10.6. The monoisotopic (exact) mass is 370 g/mol. The fourth-order valence-electron chi connectivity index (χ4n) is 2.40. The average molecular weight is 370 g/mol. The molecule has 2 aromatic carbocycles. The summed E-state index contributed by atoms with van der Waals surface area (Å²) in [4.78, 5) is 12.0. The zero-order valence-corrected chi connectivity index (χ0v) is 16.1. The lowest BCUT2D eigenvalue weighted by atomic mass is 10.2. The van der Waals surface area contributed by atoms with Crippen LogP contribution in [0.25, 0.3) is 6.08 Å². The summed E-state index contributed by atoms with van der Waals surface area (Å²) in [5.41, 5.74) is 0.819. The maximum Gasteiger partial charge on any atom is 0.336 e. The first-order chi connectivity index (χ1) is 13.2. The molecule has 0 unspecified atom stereocenters. The molecule has 0 heterocycles. The molecule has 0 aromatic heterocycles. The van der Waals surface area contributed by atoms with Gasteiger partial charge in [0.1, 0.15) is 11.5 Å². The molecule has 0 N–H and O–H groups in total. The predicted octanol–water partition coefficient (Wildman–Crippen LogP) is 4.89. The van der Waals surface area contributed by atoms with Crippen LogP contribution < -0.4 is 18.9 Å². The molecule has 2 aromatic rings. The highest BCUT2D eigenvalue weighted by molar-refractivity contribution is 5.88. The van der Waals surface area contributed by atoms with Gasteiger partial charge in [0.15, 0.2) is 11.5 Å². The summed E-state index contributed by atoms with van der Waals surface area (Å²) in [5.74, 6) is 2.04. The Bertz CT molecular complexity index is 750. The highest BCUT2D eigenvalue weighted by atomic mass is 16.5. The van der Waals surface area contributed by atoms with E-state index >= 15 is 0 Å². The second-order valence-electron chi connectivity index (χ2n) is 5.90. The van der Waals surface area contributed by atoms with E-state index in [4.69, 9.17) is 18.9 Å². The Kier molecular flexibility index (Phi) is 8.23. The molecule has 5 nitrogen and oxygen atoms in total. The lowest BCUT2D eigenvalue weighted by Crippen LogP contribution is -2.03. The summed E-state index contributed by atoms with van der Waals surface area (Å²) < 4.78 is 21.5. The van der Waals surface area contributed by atoms with Gasteiger partial charge in [-0.25, -0.2) is 4.79 Å². The van der Waals surface area contributed by atoms with E-state index in [-0.39, 0.29) is 0 Å². The highest BCUT2D eigenvalue weighted by Gasteiger charge is 2.06. The standard InChI is InChI=1S/C22H26O5/c1-4-5-6-15-26-20-13-7-17(16-21(20)25-3)8-14-22(23)27-19-11-9-18(24-2)10-12-19/h7-14,16H,4-6,15H2,1-3H3. The van der Waals surface area contributed by atoms with Gasteiger partial charge in [0.05, 0.1) is 20.8 Å². The van der Waals surface area contributed by atoms with E-state index in [1.807, 2.05) is 18.2 Å². The van der Waals surface area contributed by atoms with Crippen LogP contribution in [0, 0.1) is 0 Å². The first-order valence-corrected chi connectivity index (χ1v) is 9.01. The Morgan fingerprint density at radius 3 is 2.33 bits per heavy atom. The van der Waals surface area contributed by atoms with Crippen LogP contribution >= 0.6 is 0 Å². The maximum atomic E-state index is 12.0. The molecule has 0 saturated carbocycles. The molecule has 0 spiro atoms. The number of rotatable bonds is 10. The zero-order chi connectivity index (χ0) is 19.5. The fourth-order valence-corrected chi connectivity index (χ4v) is 2.40. The van der Waals surface area contributed by atoms with Gasteiger partial charge in [-0.05, 0) is 54.5 Å². The molecule has 0 atom stereocenters. The van der Waals surface area contributed by atoms with Gasteiger partial charge in [-0.15, -0.1) is 0 Å². The second-order valence-corrected chi connectivity index (χ2v) is 5.90. The second kappa shape index (κ2) is 10.9. The van der Waals surface area contributed by atoms with Crippen molar-refractivity contribution >= 4 is 12.0 Å². The highest BCUT2D eigenvalue weighted by Crippen LogP contribution is 2.29. The Morgan fingerprint density at radius 1 is 0.926 bits per heavy atom. The number of carbonyl (C=O) groups is 1. The van der Waals surface area contributed by atoms with Gasteiger partial charge >= 0.3 is 5.97 Å². The molecule has 0 fully saturated rings. The Labute approximate surface area is 160 Å². The summed E-state index contributed by atoms with van der Waals surface area (Å²) in [6.45, 7) is 2.81. The summed E-state index contributed by atoms with van der Waals surface area (Å²) in [5, 5.41) is 0. The van der Waals surface area contributed by atoms with Crippen molar-refractivity contribution in [1.29, 1.82) is 0 Å². The van der Waals surface area contributed by atoms with Crippen molar-refractivity contribution in [3.63, 3.8) is 0 Å². The Hall–Kier alpha value is -2.95. The topological polar surface area (TPSA) is 54.0 Å². The van der Waals surface area contributed by atoms with Gasteiger partial charge in [-0.2, -0.15) is 0 Å². The van der Waals surface area contributed by atoms with Crippen molar-refractivity contribution in [3.05, 3.63) is 54.1 Å². The predicted molar refractivity (Wildman–Crippen MR) is 106 cm³/mol. The maximum absolute atomic E-state index is 12.0. The van der Waals surface area contributed by atoms with Crippen molar-refractivity contribution in [2.45, 2.75) is 26.2 Å². The number of methoxy groups -OCH3 is 2. The SMILES string of the molecule is CCCCCOc1ccc(C=CC(=O)Oc2ccc(OC)cc2)cc1OC. The van der Waals surface area contributed by atoms with E-state index in [2.05, 4.69) is 6.92 Å². The molecule has 5 heteroatoms. The van der Waals surface area contributed by atoms with E-state index in [1.165, 1.54) is 6.08 Å². The summed E-state index contributed by atoms with van der Waals surface area (Å²) in [6, 6.07) is 12.4. The summed E-state index contributed by atoms with van der Waals surface area (Å²) in [7, 11) is 3.18. The largest absolute Gasteiger partial charge is 0.497 e. The molecule has 0 saturated heterocycles. The third-order valence-electron chi connectivity index (χ3n) is 3.88. The van der Waals surface area contributed by atoms with Gasteiger partial charge in [-0.1, -0.05) is 25.8 Å². The molecule has 0 aliphatic rings. The van der Waals surface area contributed by atoms with Gasteiger partial charge < -0.3 is 18.9 Å². The van der Waals surface area contributed by atoms with Crippen LogP contribution in [0.1, 0.15) is 31.7 Å². The van der Waals surface area contributed by atoms with Crippen LogP contribution in [-0.2, 0) is 4.79 Å². The number of benzene rings is 2. The van der Waals surface area contributed by atoms with Crippen molar-refractivity contribution < 1.29 is 23.7 Å². The minimum absolute atomic E-state index is 0.457. The van der Waals surface area contributed by atoms with Crippen molar-refractivity contribution in [2.24, 2.45) is 0 Å². The Morgan fingerprint density at radius 2 is 1.67 bits per heavy atom. The smallest absolute Gasteiger partial charge is 0.336 e. The minimum Gasteiger partial charge on any atom is -0.497 e. The van der Waals surface area contributed by atoms with Gasteiger partial charge in [0.25, 0.3) is 0 Å². The van der Waals surface area contributed by atoms with E-state index < -0.39 is 5.97 Å². The molecular formula is C22H26O5. The average Bonchev–Trinajstić information content (AvgIpc) is 2.70.